The molecule has 1 N–H and O–H groups in total. The number of hydrogen-bond acceptors (Lipinski definition) is 1. The van der Waals surface area contributed by atoms with Gasteiger partial charge in [-0.15, -0.1) is 11.6 Å². The quantitative estimate of drug-likeness (QED) is 0.705. The maximum Gasteiger partial charge on any atom is 0.130 e. The van der Waals surface area contributed by atoms with E-state index in [0.717, 1.165) is 0 Å². The lowest BCUT2D eigenvalue weighted by Gasteiger charge is -1.96. The minimum atomic E-state index is -0.367. The molecule has 0 aromatic heterocycles. The predicted octanol–water partition coefficient (Wildman–Crippen LogP) is 2.78. The molecule has 0 atom stereocenters. The van der Waals surface area contributed by atoms with Crippen LogP contribution in [0.1, 0.15) is 5.56 Å². The topological polar surface area (TPSA) is 20.2 Å². The molecule has 1 nitrogen and oxygen atoms in total. The van der Waals surface area contributed by atoms with E-state index in [0.29, 0.717) is 11.4 Å². The number of phenolic OH excluding ortho intramolecular Hbond substituents is 1. The number of hydrogen-bond donors (Lipinski definition) is 1. The third kappa shape index (κ3) is 2.24. The van der Waals surface area contributed by atoms with Crippen molar-refractivity contribution in [2.75, 3.05) is 5.88 Å². The minimum absolute atomic E-state index is 0.0469. The molecule has 0 aliphatic carbocycles. The van der Waals surface area contributed by atoms with Crippen molar-refractivity contribution >= 4 is 17.7 Å². The fourth-order valence-corrected chi connectivity index (χ4v) is 0.919. The molecule has 0 saturated carbocycles. The van der Waals surface area contributed by atoms with Gasteiger partial charge in [0.1, 0.15) is 11.6 Å². The molecular weight excluding hydrogens is 179 g/mol. The van der Waals surface area contributed by atoms with Crippen LogP contribution in [0.5, 0.6) is 5.75 Å². The first-order valence-electron chi connectivity index (χ1n) is 3.45. The molecule has 1 aromatic rings. The standard InChI is InChI=1S/C9H8ClFO/c10-5-1-2-7-6-8(12)3-4-9(7)11/h1-4,6,12H,5H2. The number of phenols is 1. The van der Waals surface area contributed by atoms with Crippen molar-refractivity contribution in [3.63, 3.8) is 0 Å². The van der Waals surface area contributed by atoms with E-state index in [1.165, 1.54) is 24.3 Å². The highest BCUT2D eigenvalue weighted by Crippen LogP contribution is 2.16. The molecule has 0 heterocycles. The Bertz CT molecular complexity index is 297. The largest absolute Gasteiger partial charge is 0.508 e. The highest BCUT2D eigenvalue weighted by Gasteiger charge is 1.98. The second-order valence-corrected chi connectivity index (χ2v) is 2.57. The number of rotatable bonds is 2. The summed E-state index contributed by atoms with van der Waals surface area (Å²) >= 11 is 5.37. The summed E-state index contributed by atoms with van der Waals surface area (Å²) < 4.78 is 12.9. The van der Waals surface area contributed by atoms with E-state index < -0.39 is 0 Å². The zero-order chi connectivity index (χ0) is 8.97. The Morgan fingerprint density at radius 1 is 1.50 bits per heavy atom. The summed E-state index contributed by atoms with van der Waals surface area (Å²) in [7, 11) is 0. The molecule has 0 radical (unpaired) electrons. The van der Waals surface area contributed by atoms with E-state index >= 15 is 0 Å². The van der Waals surface area contributed by atoms with Crippen LogP contribution >= 0.6 is 11.6 Å². The van der Waals surface area contributed by atoms with Crippen molar-refractivity contribution in [2.24, 2.45) is 0 Å². The fraction of sp³-hybridized carbons (Fsp3) is 0.111. The molecule has 0 amide bonds. The van der Waals surface area contributed by atoms with E-state index in [4.69, 9.17) is 16.7 Å². The molecule has 1 rings (SSSR count). The molecule has 0 saturated heterocycles. The third-order valence-corrected chi connectivity index (χ3v) is 1.54. The smallest absolute Gasteiger partial charge is 0.130 e. The van der Waals surface area contributed by atoms with Gasteiger partial charge in [-0.05, 0) is 18.2 Å². The predicted molar refractivity (Wildman–Crippen MR) is 47.8 cm³/mol. The van der Waals surface area contributed by atoms with Gasteiger partial charge in [-0.1, -0.05) is 12.2 Å². The fourth-order valence-electron chi connectivity index (χ4n) is 0.830. The monoisotopic (exact) mass is 186 g/mol. The summed E-state index contributed by atoms with van der Waals surface area (Å²) in [6.45, 7) is 0. The SMILES string of the molecule is Oc1ccc(F)c(C=CCCl)c1. The van der Waals surface area contributed by atoms with Gasteiger partial charge in [0.05, 0.1) is 0 Å². The van der Waals surface area contributed by atoms with Crippen molar-refractivity contribution in [2.45, 2.75) is 0 Å². The Morgan fingerprint density at radius 2 is 2.25 bits per heavy atom. The summed E-state index contributed by atoms with van der Waals surface area (Å²) in [4.78, 5) is 0. The van der Waals surface area contributed by atoms with Crippen molar-refractivity contribution in [1.29, 1.82) is 0 Å². The van der Waals surface area contributed by atoms with Gasteiger partial charge in [-0.25, -0.2) is 4.39 Å². The van der Waals surface area contributed by atoms with Crippen molar-refractivity contribution < 1.29 is 9.50 Å². The van der Waals surface area contributed by atoms with Gasteiger partial charge in [0.15, 0.2) is 0 Å². The van der Waals surface area contributed by atoms with Gasteiger partial charge in [0, 0.05) is 11.4 Å². The van der Waals surface area contributed by atoms with Crippen LogP contribution in [0.3, 0.4) is 0 Å². The zero-order valence-corrected chi connectivity index (χ0v) is 7.05. The molecule has 0 aliphatic heterocycles. The highest BCUT2D eigenvalue weighted by molar-refractivity contribution is 6.19. The first-order chi connectivity index (χ1) is 5.74. The summed E-state index contributed by atoms with van der Waals surface area (Å²) in [5.41, 5.74) is 0.343. The van der Waals surface area contributed by atoms with Crippen LogP contribution < -0.4 is 0 Å². The van der Waals surface area contributed by atoms with Gasteiger partial charge in [-0.3, -0.25) is 0 Å². The summed E-state index contributed by atoms with van der Waals surface area (Å²) in [5.74, 6) is 0.00883. The second-order valence-electron chi connectivity index (χ2n) is 2.26. The van der Waals surface area contributed by atoms with Gasteiger partial charge < -0.3 is 5.11 Å². The first-order valence-corrected chi connectivity index (χ1v) is 3.98. The van der Waals surface area contributed by atoms with Crippen molar-refractivity contribution in [1.82, 2.24) is 0 Å². The number of alkyl halides is 1. The number of allylic oxidation sites excluding steroid dienone is 1. The Hall–Kier alpha value is -1.02. The molecule has 0 bridgehead atoms. The molecule has 0 spiro atoms. The highest BCUT2D eigenvalue weighted by atomic mass is 35.5. The Balaban J connectivity index is 2.97. The third-order valence-electron chi connectivity index (χ3n) is 1.37. The molecule has 64 valence electrons. The minimum Gasteiger partial charge on any atom is -0.508 e. The number of aromatic hydroxyl groups is 1. The van der Waals surface area contributed by atoms with Crippen LogP contribution in [0.2, 0.25) is 0 Å². The average Bonchev–Trinajstić information content (AvgIpc) is 2.07. The van der Waals surface area contributed by atoms with E-state index in [1.54, 1.807) is 6.08 Å². The second kappa shape index (κ2) is 4.12. The zero-order valence-electron chi connectivity index (χ0n) is 6.30. The lowest BCUT2D eigenvalue weighted by molar-refractivity contribution is 0.473. The summed E-state index contributed by atoms with van der Waals surface area (Å²) in [6, 6.07) is 3.86. The van der Waals surface area contributed by atoms with Crippen molar-refractivity contribution in [3.8, 4) is 5.75 Å². The molecule has 3 heteroatoms. The Labute approximate surface area is 75.1 Å². The average molecular weight is 187 g/mol. The number of benzene rings is 1. The Kier molecular flexibility index (Phi) is 3.11. The number of halogens is 2. The van der Waals surface area contributed by atoms with E-state index in [-0.39, 0.29) is 11.6 Å². The van der Waals surface area contributed by atoms with Crippen LogP contribution in [0.4, 0.5) is 4.39 Å². The summed E-state index contributed by atoms with van der Waals surface area (Å²) in [6.07, 6.45) is 3.14. The summed E-state index contributed by atoms with van der Waals surface area (Å²) in [5, 5.41) is 9.00. The van der Waals surface area contributed by atoms with E-state index in [2.05, 4.69) is 0 Å². The van der Waals surface area contributed by atoms with Gasteiger partial charge in [0.2, 0.25) is 0 Å². The van der Waals surface area contributed by atoms with Crippen molar-refractivity contribution in [3.05, 3.63) is 35.7 Å². The van der Waals surface area contributed by atoms with E-state index in [1.807, 2.05) is 0 Å². The molecular formula is C9H8ClFO. The van der Waals surface area contributed by atoms with Crippen LogP contribution in [-0.4, -0.2) is 11.0 Å². The maximum atomic E-state index is 12.9. The molecule has 0 aliphatic rings. The molecule has 0 unspecified atom stereocenters. The van der Waals surface area contributed by atoms with Crippen LogP contribution in [0.25, 0.3) is 6.08 Å². The normalized spacial score (nSPS) is 10.8. The van der Waals surface area contributed by atoms with Gasteiger partial charge in [-0.2, -0.15) is 0 Å². The van der Waals surface area contributed by atoms with Gasteiger partial charge in [0.25, 0.3) is 0 Å². The molecule has 1 aromatic carbocycles. The lowest BCUT2D eigenvalue weighted by Crippen LogP contribution is -1.80. The molecule has 12 heavy (non-hydrogen) atoms. The van der Waals surface area contributed by atoms with Crippen LogP contribution in [0, 0.1) is 5.82 Å². The lowest BCUT2D eigenvalue weighted by atomic mass is 10.2. The Morgan fingerprint density at radius 3 is 2.92 bits per heavy atom. The van der Waals surface area contributed by atoms with E-state index in [9.17, 15) is 4.39 Å². The molecule has 0 fully saturated rings. The van der Waals surface area contributed by atoms with Crippen LogP contribution in [-0.2, 0) is 0 Å². The maximum absolute atomic E-state index is 12.9. The first kappa shape index (κ1) is 9.07. The van der Waals surface area contributed by atoms with Gasteiger partial charge >= 0.3 is 0 Å². The van der Waals surface area contributed by atoms with Crippen LogP contribution in [0.15, 0.2) is 24.3 Å².